The topological polar surface area (TPSA) is 71.2 Å². The lowest BCUT2D eigenvalue weighted by atomic mass is 9.89. The maximum Gasteiger partial charge on any atom is 0.129 e. The van der Waals surface area contributed by atoms with Gasteiger partial charge in [-0.15, -0.1) is 0 Å². The van der Waals surface area contributed by atoms with Gasteiger partial charge in [-0.1, -0.05) is 0 Å². The summed E-state index contributed by atoms with van der Waals surface area (Å²) in [5.74, 6) is 0.438. The van der Waals surface area contributed by atoms with E-state index >= 15 is 0 Å². The number of aliphatic hydroxyl groups is 1. The number of nitrogen functional groups attached to an aromatic ring is 1. The summed E-state index contributed by atoms with van der Waals surface area (Å²) in [6.45, 7) is 5.09. The average Bonchev–Trinajstić information content (AvgIpc) is 2.18. The summed E-state index contributed by atoms with van der Waals surface area (Å²) in [7, 11) is 0. The summed E-state index contributed by atoms with van der Waals surface area (Å²) < 4.78 is 0. The lowest BCUT2D eigenvalue weighted by Crippen LogP contribution is -2.43. The van der Waals surface area contributed by atoms with Crippen LogP contribution in [0.4, 0.5) is 5.82 Å². The van der Waals surface area contributed by atoms with Crippen molar-refractivity contribution in [3.05, 3.63) is 22.9 Å². The van der Waals surface area contributed by atoms with Gasteiger partial charge in [0, 0.05) is 12.1 Å². The van der Waals surface area contributed by atoms with E-state index in [1.165, 1.54) is 5.56 Å². The number of rotatable bonds is 1. The molecule has 2 heterocycles. The van der Waals surface area contributed by atoms with Crippen LogP contribution in [0.15, 0.2) is 6.07 Å². The smallest absolute Gasteiger partial charge is 0.129 e. The maximum absolute atomic E-state index is 9.11. The van der Waals surface area contributed by atoms with Gasteiger partial charge in [-0.2, -0.15) is 0 Å². The Kier molecular flexibility index (Phi) is 2.40. The molecule has 1 aliphatic rings. The Bertz CT molecular complexity index is 388. The number of nitrogens with one attached hydrogen (secondary N) is 1. The highest BCUT2D eigenvalue weighted by Gasteiger charge is 2.29. The first-order valence-electron chi connectivity index (χ1n) is 5.19. The summed E-state index contributed by atoms with van der Waals surface area (Å²) in [6.07, 6.45) is 0.943. The van der Waals surface area contributed by atoms with E-state index in [0.29, 0.717) is 5.82 Å². The molecule has 4 nitrogen and oxygen atoms in total. The van der Waals surface area contributed by atoms with Gasteiger partial charge in [-0.25, -0.2) is 4.98 Å². The number of hydrogen-bond acceptors (Lipinski definition) is 4. The Balaban J connectivity index is 2.55. The summed E-state index contributed by atoms with van der Waals surface area (Å²) in [4.78, 5) is 4.39. The van der Waals surface area contributed by atoms with Gasteiger partial charge in [0.1, 0.15) is 5.82 Å². The quantitative estimate of drug-likeness (QED) is 0.628. The van der Waals surface area contributed by atoms with Crippen molar-refractivity contribution in [3.63, 3.8) is 0 Å². The molecule has 0 saturated heterocycles. The van der Waals surface area contributed by atoms with Crippen molar-refractivity contribution in [2.45, 2.75) is 32.4 Å². The number of fused-ring (bicyclic) bond motifs is 1. The Morgan fingerprint density at radius 1 is 1.60 bits per heavy atom. The van der Waals surface area contributed by atoms with Gasteiger partial charge in [-0.3, -0.25) is 0 Å². The predicted molar refractivity (Wildman–Crippen MR) is 59.3 cm³/mol. The zero-order valence-corrected chi connectivity index (χ0v) is 9.17. The van der Waals surface area contributed by atoms with Gasteiger partial charge in [0.05, 0.1) is 17.8 Å². The number of nitrogens with two attached hydrogens (primary N) is 1. The van der Waals surface area contributed by atoms with Crippen LogP contribution in [0.5, 0.6) is 0 Å². The van der Waals surface area contributed by atoms with E-state index in [2.05, 4.69) is 24.1 Å². The van der Waals surface area contributed by atoms with Crippen molar-refractivity contribution in [1.82, 2.24) is 10.3 Å². The molecule has 15 heavy (non-hydrogen) atoms. The fraction of sp³-hybridized carbons (Fsp3) is 0.545. The largest absolute Gasteiger partial charge is 0.392 e. The Labute approximate surface area is 89.5 Å². The monoisotopic (exact) mass is 207 g/mol. The van der Waals surface area contributed by atoms with E-state index in [1.54, 1.807) is 0 Å². The normalized spacial score (nSPS) is 18.6. The number of hydrogen-bond donors (Lipinski definition) is 3. The second kappa shape index (κ2) is 3.47. The van der Waals surface area contributed by atoms with Gasteiger partial charge < -0.3 is 16.2 Å². The van der Waals surface area contributed by atoms with Crippen molar-refractivity contribution >= 4 is 5.82 Å². The van der Waals surface area contributed by atoms with E-state index in [1.807, 2.05) is 6.07 Å². The number of aliphatic hydroxyl groups excluding tert-OH is 1. The van der Waals surface area contributed by atoms with E-state index < -0.39 is 0 Å². The third kappa shape index (κ3) is 1.70. The van der Waals surface area contributed by atoms with Crippen LogP contribution in [0.3, 0.4) is 0 Å². The number of aromatic nitrogens is 1. The molecule has 0 spiro atoms. The first-order chi connectivity index (χ1) is 7.04. The van der Waals surface area contributed by atoms with Crippen LogP contribution in [-0.4, -0.2) is 16.6 Å². The van der Waals surface area contributed by atoms with Gasteiger partial charge >= 0.3 is 0 Å². The second-order valence-corrected chi connectivity index (χ2v) is 4.50. The van der Waals surface area contributed by atoms with Gasteiger partial charge in [-0.05, 0) is 31.9 Å². The molecule has 4 heteroatoms. The molecular weight excluding hydrogens is 190 g/mol. The zero-order chi connectivity index (χ0) is 11.1. The van der Waals surface area contributed by atoms with Crippen LogP contribution < -0.4 is 11.1 Å². The highest BCUT2D eigenvalue weighted by molar-refractivity contribution is 5.45. The van der Waals surface area contributed by atoms with Gasteiger partial charge in [0.15, 0.2) is 0 Å². The van der Waals surface area contributed by atoms with Crippen molar-refractivity contribution < 1.29 is 5.11 Å². The fourth-order valence-electron chi connectivity index (χ4n) is 2.07. The Morgan fingerprint density at radius 3 is 3.00 bits per heavy atom. The van der Waals surface area contributed by atoms with Crippen LogP contribution in [0.25, 0.3) is 0 Å². The number of anilines is 1. The van der Waals surface area contributed by atoms with Crippen molar-refractivity contribution in [1.29, 1.82) is 0 Å². The van der Waals surface area contributed by atoms with E-state index in [-0.39, 0.29) is 12.1 Å². The molecule has 0 aromatic carbocycles. The molecule has 0 unspecified atom stereocenters. The van der Waals surface area contributed by atoms with Crippen LogP contribution in [0.1, 0.15) is 30.7 Å². The molecule has 1 aromatic heterocycles. The molecule has 0 aliphatic carbocycles. The van der Waals surface area contributed by atoms with Crippen LogP contribution in [0.2, 0.25) is 0 Å². The third-order valence-electron chi connectivity index (χ3n) is 2.94. The van der Waals surface area contributed by atoms with Crippen molar-refractivity contribution in [2.24, 2.45) is 0 Å². The summed E-state index contributed by atoms with van der Waals surface area (Å²) in [5.41, 5.74) is 8.57. The fourth-order valence-corrected chi connectivity index (χ4v) is 2.07. The Hall–Kier alpha value is -1.13. The van der Waals surface area contributed by atoms with Gasteiger partial charge in [0.25, 0.3) is 0 Å². The molecule has 1 aliphatic heterocycles. The maximum atomic E-state index is 9.11. The zero-order valence-electron chi connectivity index (χ0n) is 9.17. The standard InChI is InChI=1S/C11H17N3O/c1-11(2)9-7(3-4-13-11)5-8(6-15)10(12)14-9/h5,13,15H,3-4,6H2,1-2H3,(H2,12,14). The first kappa shape index (κ1) is 10.4. The van der Waals surface area contributed by atoms with Gasteiger partial charge in [0.2, 0.25) is 0 Å². The number of pyridine rings is 1. The minimum absolute atomic E-state index is 0.0417. The van der Waals surface area contributed by atoms with Crippen LogP contribution >= 0.6 is 0 Å². The first-order valence-corrected chi connectivity index (χ1v) is 5.19. The minimum atomic E-state index is -0.129. The molecular formula is C11H17N3O. The molecule has 0 saturated carbocycles. The molecule has 0 atom stereocenters. The molecule has 0 bridgehead atoms. The summed E-state index contributed by atoms with van der Waals surface area (Å²) in [5, 5.41) is 12.5. The molecule has 0 radical (unpaired) electrons. The minimum Gasteiger partial charge on any atom is -0.392 e. The van der Waals surface area contributed by atoms with Crippen molar-refractivity contribution in [3.8, 4) is 0 Å². The lowest BCUT2D eigenvalue weighted by molar-refractivity contribution is 0.281. The molecule has 2 rings (SSSR count). The second-order valence-electron chi connectivity index (χ2n) is 4.50. The van der Waals surface area contributed by atoms with E-state index in [9.17, 15) is 0 Å². The molecule has 4 N–H and O–H groups in total. The third-order valence-corrected chi connectivity index (χ3v) is 2.94. The van der Waals surface area contributed by atoms with Crippen LogP contribution in [-0.2, 0) is 18.6 Å². The molecule has 0 amide bonds. The molecule has 82 valence electrons. The van der Waals surface area contributed by atoms with E-state index in [4.69, 9.17) is 10.8 Å². The summed E-state index contributed by atoms with van der Waals surface area (Å²) in [6, 6.07) is 1.97. The van der Waals surface area contributed by atoms with Crippen molar-refractivity contribution in [2.75, 3.05) is 12.3 Å². The highest BCUT2D eigenvalue weighted by Crippen LogP contribution is 2.28. The molecule has 0 fully saturated rings. The average molecular weight is 207 g/mol. The molecule has 1 aromatic rings. The van der Waals surface area contributed by atoms with Crippen LogP contribution in [0, 0.1) is 0 Å². The number of nitrogens with zero attached hydrogens (tertiary/aromatic N) is 1. The Morgan fingerprint density at radius 2 is 2.33 bits per heavy atom. The SMILES string of the molecule is CC1(C)NCCc2cc(CO)c(N)nc21. The predicted octanol–water partition coefficient (Wildman–Crippen LogP) is 0.537. The van der Waals surface area contributed by atoms with E-state index in [0.717, 1.165) is 24.2 Å². The lowest BCUT2D eigenvalue weighted by Gasteiger charge is -2.33. The summed E-state index contributed by atoms with van der Waals surface area (Å²) >= 11 is 0. The highest BCUT2D eigenvalue weighted by atomic mass is 16.3.